The van der Waals surface area contributed by atoms with Gasteiger partial charge in [-0.05, 0) is 45.4 Å². The molecule has 12 heteroatoms. The number of nitrogens with zero attached hydrogens (tertiary/aromatic N) is 3. The van der Waals surface area contributed by atoms with Gasteiger partial charge in [-0.15, -0.1) is 0 Å². The summed E-state index contributed by atoms with van der Waals surface area (Å²) in [6.45, 7) is 7.73. The molecule has 0 aliphatic heterocycles. The number of halogens is 3. The fourth-order valence-corrected chi connectivity index (χ4v) is 5.40. The quantitative estimate of drug-likeness (QED) is 0.216. The van der Waals surface area contributed by atoms with E-state index in [2.05, 4.69) is 22.2 Å². The molecule has 0 spiro atoms. The van der Waals surface area contributed by atoms with Gasteiger partial charge in [-0.3, -0.25) is 14.7 Å². The van der Waals surface area contributed by atoms with Crippen LogP contribution in [-0.2, 0) is 14.3 Å². The fraction of sp³-hybridized carbons (Fsp3) is 0.548. The van der Waals surface area contributed by atoms with Gasteiger partial charge >= 0.3 is 6.09 Å². The van der Waals surface area contributed by atoms with Crippen LogP contribution in [0.15, 0.2) is 48.0 Å². The Bertz CT molecular complexity index is 1290. The number of carbonyl (C=O) groups is 2. The van der Waals surface area contributed by atoms with Gasteiger partial charge in [0.05, 0.1) is 12.6 Å². The highest BCUT2D eigenvalue weighted by atomic mass is 32.1. The number of allylic oxidation sites excluding steroid dienone is 1. The monoisotopic (exact) mass is 622 g/mol. The van der Waals surface area contributed by atoms with Crippen LogP contribution in [0, 0.1) is 5.13 Å². The first kappa shape index (κ1) is 34.1. The number of nitrogens with one attached hydrogen (secondary N) is 1. The molecule has 0 saturated carbocycles. The van der Waals surface area contributed by atoms with Crippen LogP contribution in [0.4, 0.5) is 23.1 Å². The number of hydrogen-bond donors (Lipinski definition) is 1. The lowest BCUT2D eigenvalue weighted by Crippen LogP contribution is -2.47. The van der Waals surface area contributed by atoms with E-state index in [0.717, 1.165) is 50.3 Å². The number of thiazole rings is 1. The van der Waals surface area contributed by atoms with Crippen molar-refractivity contribution >= 4 is 28.5 Å². The molecular weight excluding hydrogens is 581 g/mol. The van der Waals surface area contributed by atoms with Crippen LogP contribution in [0.25, 0.3) is 11.3 Å². The molecule has 0 saturated heterocycles. The standard InChI is InChI=1S/C31H41F3N4O4S/c1-6-7-8-9-10-11-17-41-24-15-14-22(18-23(24)31(5,33)34)38(25(39)20-36-29(40)42-30(2,3)4)28-37-26(27(32)43-28)21-13-12-16-35-19-21/h12-16,19,22H,6-11,17-18,20H2,1-5H3,(H,36,40). The summed E-state index contributed by atoms with van der Waals surface area (Å²) in [5, 5.41) is 1.69. The molecule has 2 heterocycles. The summed E-state index contributed by atoms with van der Waals surface area (Å²) in [4.78, 5) is 35.3. The third kappa shape index (κ3) is 10.4. The molecule has 1 aliphatic carbocycles. The number of rotatable bonds is 14. The summed E-state index contributed by atoms with van der Waals surface area (Å²) in [7, 11) is 0. The number of unbranched alkanes of at least 4 members (excludes halogenated alkanes) is 5. The summed E-state index contributed by atoms with van der Waals surface area (Å²) < 4.78 is 55.9. The van der Waals surface area contributed by atoms with Gasteiger partial charge in [0.15, 0.2) is 5.13 Å². The number of ether oxygens (including phenoxy) is 2. The second-order valence-corrected chi connectivity index (χ2v) is 12.4. The number of carbonyl (C=O) groups excluding carboxylic acids is 2. The van der Waals surface area contributed by atoms with Crippen LogP contribution in [0.1, 0.15) is 79.6 Å². The Kier molecular flexibility index (Phi) is 12.2. The van der Waals surface area contributed by atoms with Crippen molar-refractivity contribution in [1.82, 2.24) is 15.3 Å². The van der Waals surface area contributed by atoms with Crippen molar-refractivity contribution in [2.24, 2.45) is 0 Å². The SMILES string of the molecule is CCCCCCCCOC1=C(C(C)(F)F)CC(N(C(=O)CNC(=O)OC(C)(C)C)c2nc(-c3cccnc3)c(F)s2)C=C1. The van der Waals surface area contributed by atoms with Crippen molar-refractivity contribution < 1.29 is 32.2 Å². The second kappa shape index (κ2) is 15.4. The molecule has 2 amide bonds. The van der Waals surface area contributed by atoms with Crippen molar-refractivity contribution in [2.45, 2.75) is 97.1 Å². The van der Waals surface area contributed by atoms with E-state index >= 15 is 4.39 Å². The minimum absolute atomic E-state index is 0.0228. The van der Waals surface area contributed by atoms with Gasteiger partial charge in [0.25, 0.3) is 5.92 Å². The molecule has 1 atom stereocenters. The number of hydrogen-bond acceptors (Lipinski definition) is 7. The molecule has 0 aromatic carbocycles. The molecule has 8 nitrogen and oxygen atoms in total. The van der Waals surface area contributed by atoms with Gasteiger partial charge in [0.2, 0.25) is 11.0 Å². The number of alkyl halides is 2. The van der Waals surface area contributed by atoms with Crippen LogP contribution in [0.2, 0.25) is 0 Å². The summed E-state index contributed by atoms with van der Waals surface area (Å²) >= 11 is 0.605. The van der Waals surface area contributed by atoms with E-state index in [9.17, 15) is 18.4 Å². The molecule has 0 radical (unpaired) electrons. The van der Waals surface area contributed by atoms with Crippen LogP contribution in [0.5, 0.6) is 0 Å². The highest BCUT2D eigenvalue weighted by Gasteiger charge is 2.38. The fourth-order valence-electron chi connectivity index (χ4n) is 4.50. The van der Waals surface area contributed by atoms with Gasteiger partial charge in [0, 0.05) is 36.9 Å². The van der Waals surface area contributed by atoms with Gasteiger partial charge in [-0.25, -0.2) is 18.6 Å². The van der Waals surface area contributed by atoms with Crippen LogP contribution >= 0.6 is 11.3 Å². The van der Waals surface area contributed by atoms with Crippen LogP contribution in [0.3, 0.4) is 0 Å². The first-order valence-electron chi connectivity index (χ1n) is 14.6. The van der Waals surface area contributed by atoms with E-state index < -0.39 is 41.2 Å². The molecule has 236 valence electrons. The molecule has 3 rings (SSSR count). The lowest BCUT2D eigenvalue weighted by molar-refractivity contribution is -0.118. The van der Waals surface area contributed by atoms with Gasteiger partial charge < -0.3 is 14.8 Å². The van der Waals surface area contributed by atoms with Crippen LogP contribution < -0.4 is 10.2 Å². The normalized spacial score (nSPS) is 15.4. The van der Waals surface area contributed by atoms with Crippen molar-refractivity contribution in [1.29, 1.82) is 0 Å². The minimum atomic E-state index is -3.24. The molecule has 1 N–H and O–H groups in total. The maximum absolute atomic E-state index is 15.1. The third-order valence-electron chi connectivity index (χ3n) is 6.56. The van der Waals surface area contributed by atoms with Crippen molar-refractivity contribution in [2.75, 3.05) is 18.1 Å². The second-order valence-electron chi connectivity index (χ2n) is 11.5. The maximum Gasteiger partial charge on any atom is 0.408 e. The largest absolute Gasteiger partial charge is 0.493 e. The van der Waals surface area contributed by atoms with Crippen molar-refractivity contribution in [3.8, 4) is 11.3 Å². The highest BCUT2D eigenvalue weighted by molar-refractivity contribution is 7.14. The molecule has 1 aliphatic rings. The predicted molar refractivity (Wildman–Crippen MR) is 162 cm³/mol. The number of amides is 2. The number of pyridine rings is 1. The summed E-state index contributed by atoms with van der Waals surface area (Å²) in [6, 6.07) is 2.30. The Balaban J connectivity index is 1.85. The average molecular weight is 623 g/mol. The number of aromatic nitrogens is 2. The molecule has 1 unspecified atom stereocenters. The summed E-state index contributed by atoms with van der Waals surface area (Å²) in [5.74, 6) is -3.85. The van der Waals surface area contributed by atoms with Gasteiger partial charge in [-0.2, -0.15) is 4.39 Å². The zero-order chi connectivity index (χ0) is 31.6. The van der Waals surface area contributed by atoms with Gasteiger partial charge in [0.1, 0.15) is 23.6 Å². The zero-order valence-electron chi connectivity index (χ0n) is 25.4. The summed E-state index contributed by atoms with van der Waals surface area (Å²) in [5.41, 5.74) is -0.695. The smallest absolute Gasteiger partial charge is 0.408 e. The average Bonchev–Trinajstić information content (AvgIpc) is 3.31. The highest BCUT2D eigenvalue weighted by Crippen LogP contribution is 2.38. The molecular formula is C31H41F3N4O4S. The molecule has 2 aromatic rings. The lowest BCUT2D eigenvalue weighted by Gasteiger charge is -2.33. The Morgan fingerprint density at radius 1 is 1.14 bits per heavy atom. The maximum atomic E-state index is 15.1. The van der Waals surface area contributed by atoms with Crippen molar-refractivity contribution in [3.63, 3.8) is 0 Å². The van der Waals surface area contributed by atoms with Crippen LogP contribution in [-0.4, -0.2) is 52.7 Å². The Morgan fingerprint density at radius 3 is 2.51 bits per heavy atom. The first-order chi connectivity index (χ1) is 20.3. The van der Waals surface area contributed by atoms with Gasteiger partial charge in [-0.1, -0.05) is 56.4 Å². The molecule has 43 heavy (non-hydrogen) atoms. The van der Waals surface area contributed by atoms with E-state index in [0.29, 0.717) is 23.5 Å². The first-order valence-corrected chi connectivity index (χ1v) is 15.4. The van der Waals surface area contributed by atoms with Crippen molar-refractivity contribution in [3.05, 3.63) is 53.1 Å². The third-order valence-corrected chi connectivity index (χ3v) is 7.41. The zero-order valence-corrected chi connectivity index (χ0v) is 26.2. The minimum Gasteiger partial charge on any atom is -0.493 e. The molecule has 2 aromatic heterocycles. The Morgan fingerprint density at radius 2 is 1.86 bits per heavy atom. The molecule has 0 bridgehead atoms. The van der Waals surface area contributed by atoms with E-state index in [1.807, 2.05) is 0 Å². The topological polar surface area (TPSA) is 93.7 Å². The van der Waals surface area contributed by atoms with E-state index in [4.69, 9.17) is 9.47 Å². The molecule has 0 fully saturated rings. The lowest BCUT2D eigenvalue weighted by atomic mass is 9.93. The number of anilines is 1. The predicted octanol–water partition coefficient (Wildman–Crippen LogP) is 7.82. The number of alkyl carbamates (subject to hydrolysis) is 1. The van der Waals surface area contributed by atoms with E-state index in [-0.39, 0.29) is 28.6 Å². The Hall–Kier alpha value is -3.41. The summed E-state index contributed by atoms with van der Waals surface area (Å²) in [6.07, 6.45) is 11.1. The van der Waals surface area contributed by atoms with E-state index in [1.54, 1.807) is 39.0 Å². The van der Waals surface area contributed by atoms with E-state index in [1.165, 1.54) is 18.5 Å². The Labute approximate surface area is 255 Å².